The van der Waals surface area contributed by atoms with Crippen LogP contribution in [-0.4, -0.2) is 58.7 Å². The van der Waals surface area contributed by atoms with E-state index in [2.05, 4.69) is 35.9 Å². The Hall–Kier alpha value is -2.65. The Morgan fingerprint density at radius 2 is 2.00 bits per heavy atom. The molecule has 1 unspecified atom stereocenters. The van der Waals surface area contributed by atoms with Crippen molar-refractivity contribution in [2.24, 2.45) is 11.8 Å². The maximum absolute atomic E-state index is 12.3. The minimum absolute atomic E-state index is 0.0405. The zero-order valence-corrected chi connectivity index (χ0v) is 15.7. The fraction of sp³-hybridized carbons (Fsp3) is 0.526. The summed E-state index contributed by atoms with van der Waals surface area (Å²) in [4.78, 5) is 29.7. The summed E-state index contributed by atoms with van der Waals surface area (Å²) >= 11 is 0. The van der Waals surface area contributed by atoms with Crippen molar-refractivity contribution in [1.29, 1.82) is 0 Å². The van der Waals surface area contributed by atoms with Crippen molar-refractivity contribution in [1.82, 2.24) is 25.3 Å². The summed E-state index contributed by atoms with van der Waals surface area (Å²) in [5.74, 6) is 2.03. The summed E-state index contributed by atoms with van der Waals surface area (Å²) in [5, 5.41) is 9.36. The first kappa shape index (κ1) is 18.7. The summed E-state index contributed by atoms with van der Waals surface area (Å²) in [6, 6.07) is 3.59. The number of aromatic nitrogens is 4. The van der Waals surface area contributed by atoms with Crippen LogP contribution in [0, 0.1) is 11.8 Å². The molecule has 0 radical (unpaired) electrons. The summed E-state index contributed by atoms with van der Waals surface area (Å²) in [7, 11) is 0. The van der Waals surface area contributed by atoms with E-state index >= 15 is 0 Å². The number of amides is 1. The topological polar surface area (TPSA) is 114 Å². The van der Waals surface area contributed by atoms with Crippen molar-refractivity contribution in [3.8, 4) is 11.5 Å². The highest BCUT2D eigenvalue weighted by Gasteiger charge is 2.23. The van der Waals surface area contributed by atoms with E-state index in [4.69, 9.17) is 4.74 Å². The van der Waals surface area contributed by atoms with Crippen molar-refractivity contribution in [3.63, 3.8) is 0 Å². The number of ether oxygens (including phenoxy) is 1. The first-order valence-corrected chi connectivity index (χ1v) is 9.77. The summed E-state index contributed by atoms with van der Waals surface area (Å²) < 4.78 is 5.40. The number of nitrogens with one attached hydrogen (secondary N) is 3. The molecule has 0 bridgehead atoms. The van der Waals surface area contributed by atoms with Gasteiger partial charge in [-0.25, -0.2) is 19.9 Å². The van der Waals surface area contributed by atoms with Gasteiger partial charge in [-0.15, -0.1) is 0 Å². The van der Waals surface area contributed by atoms with E-state index in [1.807, 2.05) is 6.07 Å². The summed E-state index contributed by atoms with van der Waals surface area (Å²) in [6.45, 7) is 4.07. The number of hydrogen-bond acceptors (Lipinski definition) is 8. The second-order valence-corrected chi connectivity index (χ2v) is 7.15. The molecule has 2 aromatic rings. The molecule has 2 aliphatic rings. The Bertz CT molecular complexity index is 804. The van der Waals surface area contributed by atoms with E-state index in [9.17, 15) is 4.79 Å². The second kappa shape index (κ2) is 9.03. The zero-order valence-electron chi connectivity index (χ0n) is 15.7. The average Bonchev–Trinajstić information content (AvgIpc) is 3.29. The van der Waals surface area contributed by atoms with Crippen molar-refractivity contribution in [3.05, 3.63) is 24.5 Å². The van der Waals surface area contributed by atoms with Gasteiger partial charge in [-0.2, -0.15) is 0 Å². The van der Waals surface area contributed by atoms with Crippen LogP contribution < -0.4 is 16.0 Å². The first-order valence-electron chi connectivity index (χ1n) is 9.77. The normalized spacial score (nSPS) is 20.1. The van der Waals surface area contributed by atoms with Crippen LogP contribution in [0.4, 0.5) is 11.8 Å². The zero-order chi connectivity index (χ0) is 19.2. The summed E-state index contributed by atoms with van der Waals surface area (Å²) in [5.41, 5.74) is 0.574. The van der Waals surface area contributed by atoms with E-state index in [0.29, 0.717) is 24.0 Å². The van der Waals surface area contributed by atoms with Gasteiger partial charge in [-0.1, -0.05) is 0 Å². The minimum atomic E-state index is -0.0602. The predicted octanol–water partition coefficient (Wildman–Crippen LogP) is 1.32. The molecule has 9 heteroatoms. The van der Waals surface area contributed by atoms with Gasteiger partial charge < -0.3 is 15.4 Å². The van der Waals surface area contributed by atoms with E-state index in [1.54, 1.807) is 18.5 Å². The van der Waals surface area contributed by atoms with Gasteiger partial charge in [-0.3, -0.25) is 10.1 Å². The highest BCUT2D eigenvalue weighted by Crippen LogP contribution is 2.18. The number of nitrogens with zero attached hydrogens (tertiary/aromatic N) is 4. The van der Waals surface area contributed by atoms with Gasteiger partial charge in [0.2, 0.25) is 11.9 Å². The molecule has 1 atom stereocenters. The Kier molecular flexibility index (Phi) is 6.03. The molecule has 28 heavy (non-hydrogen) atoms. The molecule has 2 fully saturated rings. The average molecular weight is 383 g/mol. The number of carbonyl (C=O) groups excluding carboxylic acids is 1. The maximum Gasteiger partial charge on any atom is 0.231 e. The number of carbonyl (C=O) groups is 1. The third kappa shape index (κ3) is 4.79. The molecule has 2 aromatic heterocycles. The van der Waals surface area contributed by atoms with Gasteiger partial charge >= 0.3 is 0 Å². The lowest BCUT2D eigenvalue weighted by atomic mass is 10.0. The fourth-order valence-corrected chi connectivity index (χ4v) is 3.41. The van der Waals surface area contributed by atoms with Crippen LogP contribution in [0.2, 0.25) is 0 Å². The van der Waals surface area contributed by atoms with E-state index in [0.717, 1.165) is 51.4 Å². The summed E-state index contributed by atoms with van der Waals surface area (Å²) in [6.07, 6.45) is 6.28. The molecule has 1 amide bonds. The van der Waals surface area contributed by atoms with Crippen LogP contribution in [0.3, 0.4) is 0 Å². The largest absolute Gasteiger partial charge is 0.381 e. The lowest BCUT2D eigenvalue weighted by Gasteiger charge is -2.22. The van der Waals surface area contributed by atoms with Crippen LogP contribution in [-0.2, 0) is 9.53 Å². The van der Waals surface area contributed by atoms with E-state index in [-0.39, 0.29) is 17.8 Å². The van der Waals surface area contributed by atoms with Gasteiger partial charge in [0.15, 0.2) is 5.82 Å². The van der Waals surface area contributed by atoms with Gasteiger partial charge in [-0.05, 0) is 43.9 Å². The lowest BCUT2D eigenvalue weighted by molar-refractivity contribution is -0.119. The third-order valence-electron chi connectivity index (χ3n) is 5.12. The Morgan fingerprint density at radius 3 is 2.82 bits per heavy atom. The molecule has 0 aliphatic carbocycles. The van der Waals surface area contributed by atoms with Crippen LogP contribution >= 0.6 is 0 Å². The van der Waals surface area contributed by atoms with Crippen molar-refractivity contribution in [2.45, 2.75) is 19.3 Å². The third-order valence-corrected chi connectivity index (χ3v) is 5.12. The molecule has 0 saturated carbocycles. The highest BCUT2D eigenvalue weighted by molar-refractivity contribution is 5.91. The minimum Gasteiger partial charge on any atom is -0.381 e. The Morgan fingerprint density at radius 1 is 1.14 bits per heavy atom. The van der Waals surface area contributed by atoms with Gasteiger partial charge in [0.1, 0.15) is 11.5 Å². The number of hydrogen-bond donors (Lipinski definition) is 3. The van der Waals surface area contributed by atoms with Crippen LogP contribution in [0.1, 0.15) is 19.3 Å². The molecule has 3 N–H and O–H groups in total. The van der Waals surface area contributed by atoms with E-state index < -0.39 is 0 Å². The molecule has 148 valence electrons. The Labute approximate surface area is 163 Å². The standard InChI is InChI=1S/C19H25N7O2/c27-18(14-1-6-20-12-14)26-19-22-7-2-15(24-19)17-21-8-3-16(25-17)23-11-13-4-9-28-10-5-13/h2-3,7-8,13-14,20H,1,4-6,9-12H2,(H,21,23,25)(H,22,24,26,27). The molecular weight excluding hydrogens is 358 g/mol. The molecular formula is C19H25N7O2. The molecule has 4 heterocycles. The monoisotopic (exact) mass is 383 g/mol. The highest BCUT2D eigenvalue weighted by atomic mass is 16.5. The molecule has 2 saturated heterocycles. The van der Waals surface area contributed by atoms with Gasteiger partial charge in [0.05, 0.1) is 5.92 Å². The number of anilines is 2. The molecule has 4 rings (SSSR count). The quantitative estimate of drug-likeness (QED) is 0.684. The fourth-order valence-electron chi connectivity index (χ4n) is 3.41. The number of rotatable bonds is 6. The lowest BCUT2D eigenvalue weighted by Crippen LogP contribution is -2.25. The molecule has 9 nitrogen and oxygen atoms in total. The van der Waals surface area contributed by atoms with Crippen molar-refractivity contribution >= 4 is 17.7 Å². The van der Waals surface area contributed by atoms with Gasteiger partial charge in [0, 0.05) is 38.7 Å². The Balaban J connectivity index is 1.41. The van der Waals surface area contributed by atoms with Crippen LogP contribution in [0.25, 0.3) is 11.5 Å². The first-order chi connectivity index (χ1) is 13.8. The maximum atomic E-state index is 12.3. The molecule has 0 aromatic carbocycles. The van der Waals surface area contributed by atoms with Gasteiger partial charge in [0.25, 0.3) is 0 Å². The van der Waals surface area contributed by atoms with Crippen molar-refractivity contribution < 1.29 is 9.53 Å². The second-order valence-electron chi connectivity index (χ2n) is 7.15. The SMILES string of the molecule is O=C(Nc1nccc(-c2nccc(NCC3CCOCC3)n2)n1)C1CCNC1. The van der Waals surface area contributed by atoms with E-state index in [1.165, 1.54) is 0 Å². The smallest absolute Gasteiger partial charge is 0.231 e. The molecule has 0 spiro atoms. The predicted molar refractivity (Wildman–Crippen MR) is 105 cm³/mol. The van der Waals surface area contributed by atoms with Crippen LogP contribution in [0.15, 0.2) is 24.5 Å². The molecule has 2 aliphatic heterocycles. The van der Waals surface area contributed by atoms with Crippen LogP contribution in [0.5, 0.6) is 0 Å². The van der Waals surface area contributed by atoms with Crippen molar-refractivity contribution in [2.75, 3.05) is 43.5 Å².